The minimum atomic E-state index is -0.713. The van der Waals surface area contributed by atoms with Gasteiger partial charge in [-0.25, -0.2) is 10.1 Å². The fourth-order valence-corrected chi connectivity index (χ4v) is 8.91. The van der Waals surface area contributed by atoms with Gasteiger partial charge in [-0.05, 0) is 132 Å². The number of aliphatic hydroxyl groups excluding tert-OH is 1. The van der Waals surface area contributed by atoms with E-state index in [2.05, 4.69) is 27.6 Å². The number of amidine groups is 1. The topological polar surface area (TPSA) is 266 Å². The third kappa shape index (κ3) is 22.6. The number of aromatic nitrogens is 1. The van der Waals surface area contributed by atoms with Crippen LogP contribution in [0.2, 0.25) is 0 Å². The Hall–Kier alpha value is -4.64. The number of unbranched alkanes of at least 4 members (excludes halogenated alkanes) is 5. The fourth-order valence-electron chi connectivity index (χ4n) is 8.91. The maximum atomic E-state index is 12.8. The SMILES string of the molecule is C[C@H](c1ccc(OCCCCCCOCCOCCOCCCCCC(=O)Nc2cccc(C=O)c2CN(C)C(CCO)C(N)=O)cc1)N(O)c1cccc(NC2(/C(N)=N/C(N)c3ccncc3)CCN(C)CC2)c1.Cl.[Y]. The first-order valence-electron chi connectivity index (χ1n) is 26.3. The number of likely N-dealkylation sites (N-methyl/N-ethyl adjacent to an activating group) is 1. The van der Waals surface area contributed by atoms with Crippen molar-refractivity contribution < 1.29 is 76.4 Å². The number of halogens is 1. The number of aliphatic hydroxyl groups is 1. The number of carbonyl (C=O) groups is 3. The first-order valence-corrected chi connectivity index (χ1v) is 26.3. The molecule has 0 spiro atoms. The Morgan fingerprint density at radius 1 is 0.844 bits per heavy atom. The number of primary amides is 1. The predicted molar refractivity (Wildman–Crippen MR) is 300 cm³/mol. The van der Waals surface area contributed by atoms with Crippen molar-refractivity contribution in [1.29, 1.82) is 0 Å². The van der Waals surface area contributed by atoms with E-state index >= 15 is 0 Å². The summed E-state index contributed by atoms with van der Waals surface area (Å²) in [7, 11) is 3.79. The van der Waals surface area contributed by atoms with Crippen LogP contribution in [0.4, 0.5) is 17.1 Å². The molecular formula is C56H83ClN10O9Y. The molecule has 0 aliphatic carbocycles. The standard InChI is InChI=1S/C56H82N10O9.ClH.Y/c1-42(66(71)47-15-12-14-46(39-47)63-56(25-29-64(2)30-26-56)55(59)62-53(57)44-22-27-60-28-23-44)43-18-20-48(21-19-43)75-34-10-5-4-8-32-72-35-37-74-38-36-73-33-9-6-7-17-52(69)61-50-16-11-13-45(41-68)49(50)40-65(3)51(24-31-67)54(58)70;;/h11-16,18-23,27-28,39,41-42,51,53,63,67,71H,4-10,17,24-26,29-38,40,57H2,1-3H3,(H2,58,70)(H2,59,62)(H,61,69);1H;/t42-,51?,53?;;/m1../s1. The second-order valence-corrected chi connectivity index (χ2v) is 19.2. The van der Waals surface area contributed by atoms with Gasteiger partial charge in [-0.15, -0.1) is 12.4 Å². The van der Waals surface area contributed by atoms with Crippen molar-refractivity contribution in [2.24, 2.45) is 22.2 Å². The first-order chi connectivity index (χ1) is 36.3. The van der Waals surface area contributed by atoms with E-state index in [4.69, 9.17) is 41.1 Å². The Morgan fingerprint density at radius 3 is 2.08 bits per heavy atom. The Bertz CT molecular complexity index is 2350. The molecule has 2 heterocycles. The largest absolute Gasteiger partial charge is 0.494 e. The van der Waals surface area contributed by atoms with E-state index < -0.39 is 23.7 Å². The van der Waals surface area contributed by atoms with E-state index in [9.17, 15) is 24.7 Å². The molecule has 2 amide bonds. The molecule has 0 bridgehead atoms. The van der Waals surface area contributed by atoms with Crippen LogP contribution in [0.5, 0.6) is 5.75 Å². The van der Waals surface area contributed by atoms with Crippen molar-refractivity contribution >= 4 is 53.4 Å². The zero-order valence-electron chi connectivity index (χ0n) is 45.2. The Balaban J connectivity index is 0.00000780. The molecule has 3 aromatic carbocycles. The number of amides is 2. The minimum Gasteiger partial charge on any atom is -0.494 e. The molecule has 2 unspecified atom stereocenters. The van der Waals surface area contributed by atoms with Crippen LogP contribution < -0.4 is 37.6 Å². The number of anilines is 3. The third-order valence-corrected chi connectivity index (χ3v) is 13.6. The quantitative estimate of drug-likeness (QED) is 0.00793. The summed E-state index contributed by atoms with van der Waals surface area (Å²) in [5.41, 5.74) is 22.9. The van der Waals surface area contributed by atoms with Crippen LogP contribution in [0.15, 0.2) is 96.2 Å². The molecule has 19 nitrogen and oxygen atoms in total. The number of aldehydes is 1. The summed E-state index contributed by atoms with van der Waals surface area (Å²) in [6.45, 7) is 7.49. The van der Waals surface area contributed by atoms with Gasteiger partial charge in [0.15, 0.2) is 0 Å². The molecule has 1 saturated heterocycles. The number of nitrogens with zero attached hydrogens (tertiary/aromatic N) is 5. The van der Waals surface area contributed by atoms with Crippen LogP contribution in [0.3, 0.4) is 0 Å². The number of carbonyl (C=O) groups excluding carboxylic acids is 3. The smallest absolute Gasteiger partial charge is 0.234 e. The summed E-state index contributed by atoms with van der Waals surface area (Å²) in [6.07, 6.45) is 11.8. The molecule has 4 aromatic rings. The van der Waals surface area contributed by atoms with Gasteiger partial charge >= 0.3 is 0 Å². The molecule has 10 N–H and O–H groups in total. The molecule has 1 aliphatic heterocycles. The van der Waals surface area contributed by atoms with E-state index in [1.54, 1.807) is 42.5 Å². The van der Waals surface area contributed by atoms with Gasteiger partial charge in [0.1, 0.15) is 24.0 Å². The number of aliphatic imine (C=N–C) groups is 1. The second-order valence-electron chi connectivity index (χ2n) is 19.2. The summed E-state index contributed by atoms with van der Waals surface area (Å²) in [5, 5.41) is 28.6. The van der Waals surface area contributed by atoms with Gasteiger partial charge in [0.25, 0.3) is 0 Å². The molecule has 1 fully saturated rings. The van der Waals surface area contributed by atoms with Crippen molar-refractivity contribution in [2.75, 3.05) is 95.7 Å². The van der Waals surface area contributed by atoms with Gasteiger partial charge in [-0.3, -0.25) is 29.5 Å². The number of ether oxygens (including phenoxy) is 4. The van der Waals surface area contributed by atoms with Crippen LogP contribution in [0, 0.1) is 0 Å². The molecule has 77 heavy (non-hydrogen) atoms. The van der Waals surface area contributed by atoms with Crippen LogP contribution in [-0.4, -0.2) is 141 Å². The maximum Gasteiger partial charge on any atom is 0.234 e. The van der Waals surface area contributed by atoms with E-state index in [1.807, 2.05) is 67.6 Å². The molecule has 3 atom stereocenters. The van der Waals surface area contributed by atoms with Gasteiger partial charge in [0.05, 0.1) is 56.3 Å². The van der Waals surface area contributed by atoms with E-state index in [0.717, 1.165) is 87.0 Å². The van der Waals surface area contributed by atoms with Crippen LogP contribution in [-0.2, 0) is 63.1 Å². The summed E-state index contributed by atoms with van der Waals surface area (Å²) in [4.78, 5) is 49.2. The van der Waals surface area contributed by atoms with E-state index in [-0.39, 0.29) is 76.6 Å². The average molecular weight is 1160 g/mol. The van der Waals surface area contributed by atoms with Crippen molar-refractivity contribution in [3.8, 4) is 5.75 Å². The number of rotatable bonds is 36. The summed E-state index contributed by atoms with van der Waals surface area (Å²) in [6, 6.07) is 23.3. The summed E-state index contributed by atoms with van der Waals surface area (Å²) >= 11 is 0. The predicted octanol–water partition coefficient (Wildman–Crippen LogP) is 7.02. The van der Waals surface area contributed by atoms with Gasteiger partial charge in [0.2, 0.25) is 11.8 Å². The molecular weight excluding hydrogens is 1080 g/mol. The molecule has 5 rings (SSSR count). The number of hydrogen-bond acceptors (Lipinski definition) is 16. The number of pyridine rings is 1. The Kier molecular flexibility index (Phi) is 31.6. The molecule has 421 valence electrons. The molecule has 1 aromatic heterocycles. The minimum absolute atomic E-state index is 0. The average Bonchev–Trinajstić information content (AvgIpc) is 3.42. The second kappa shape index (κ2) is 36.5. The zero-order chi connectivity index (χ0) is 53.8. The van der Waals surface area contributed by atoms with E-state index in [0.29, 0.717) is 93.7 Å². The van der Waals surface area contributed by atoms with Crippen LogP contribution in [0.25, 0.3) is 0 Å². The van der Waals surface area contributed by atoms with Gasteiger partial charge in [-0.1, -0.05) is 43.2 Å². The summed E-state index contributed by atoms with van der Waals surface area (Å²) in [5.74, 6) is 0.499. The number of hydrogen-bond donors (Lipinski definition) is 7. The number of hydroxylamine groups is 1. The Morgan fingerprint density at radius 2 is 1.45 bits per heavy atom. The number of nitrogens with one attached hydrogen (secondary N) is 2. The monoisotopic (exact) mass is 1160 g/mol. The zero-order valence-corrected chi connectivity index (χ0v) is 48.9. The Labute approximate surface area is 486 Å². The normalized spacial score (nSPS) is 14.6. The van der Waals surface area contributed by atoms with Crippen molar-refractivity contribution in [2.45, 2.75) is 108 Å². The van der Waals surface area contributed by atoms with Gasteiger partial charge in [-0.2, -0.15) is 0 Å². The van der Waals surface area contributed by atoms with Crippen LogP contribution in [0.1, 0.15) is 117 Å². The number of benzene rings is 3. The van der Waals surface area contributed by atoms with Crippen molar-refractivity contribution in [3.05, 3.63) is 114 Å². The fraction of sp³-hybridized carbons (Fsp3) is 0.518. The number of piperidine rings is 1. The van der Waals surface area contributed by atoms with Gasteiger partial charge in [0, 0.05) is 113 Å². The summed E-state index contributed by atoms with van der Waals surface area (Å²) < 4.78 is 23.1. The molecule has 0 saturated carbocycles. The number of likely N-dealkylation sites (tertiary alicyclic amines) is 1. The number of nitrogens with two attached hydrogens (primary N) is 3. The van der Waals surface area contributed by atoms with Crippen LogP contribution >= 0.6 is 12.4 Å². The maximum absolute atomic E-state index is 12.8. The van der Waals surface area contributed by atoms with Crippen molar-refractivity contribution in [3.63, 3.8) is 0 Å². The van der Waals surface area contributed by atoms with Crippen molar-refractivity contribution in [1.82, 2.24) is 14.8 Å². The molecule has 21 heteroatoms. The van der Waals surface area contributed by atoms with E-state index in [1.165, 1.54) is 5.06 Å². The molecule has 1 radical (unpaired) electrons. The third-order valence-electron chi connectivity index (χ3n) is 13.6. The van der Waals surface area contributed by atoms with Gasteiger partial charge < -0.3 is 56.8 Å². The molecule has 1 aliphatic rings. The first kappa shape index (κ1) is 66.6.